The zero-order valence-corrected chi connectivity index (χ0v) is 18.3. The van der Waals surface area contributed by atoms with Crippen molar-refractivity contribution in [2.24, 2.45) is 5.92 Å². The first-order valence-electron chi connectivity index (χ1n) is 9.60. The minimum Gasteiger partial charge on any atom is -0.478 e. The van der Waals surface area contributed by atoms with E-state index in [1.54, 1.807) is 34.9 Å². The Morgan fingerprint density at radius 3 is 2.60 bits per heavy atom. The molecule has 152 valence electrons. The van der Waals surface area contributed by atoms with Gasteiger partial charge in [-0.3, -0.25) is 0 Å². The lowest BCUT2D eigenvalue weighted by Crippen LogP contribution is -2.05. The van der Waals surface area contributed by atoms with Crippen LogP contribution in [0, 0.1) is 5.92 Å². The highest BCUT2D eigenvalue weighted by molar-refractivity contribution is 7.16. The summed E-state index contributed by atoms with van der Waals surface area (Å²) in [5.41, 5.74) is 2.90. The van der Waals surface area contributed by atoms with Gasteiger partial charge in [0.05, 0.1) is 5.69 Å². The van der Waals surface area contributed by atoms with Crippen molar-refractivity contribution < 1.29 is 9.90 Å². The molecule has 0 spiro atoms. The fourth-order valence-electron chi connectivity index (χ4n) is 3.14. The molecule has 1 aromatic carbocycles. The summed E-state index contributed by atoms with van der Waals surface area (Å²) in [6, 6.07) is 15.6. The molecule has 0 bridgehead atoms. The molecule has 0 saturated carbocycles. The summed E-state index contributed by atoms with van der Waals surface area (Å²) >= 11 is 3.10. The van der Waals surface area contributed by atoms with Gasteiger partial charge in [0.2, 0.25) is 0 Å². The summed E-state index contributed by atoms with van der Waals surface area (Å²) in [6.07, 6.45) is 2.60. The number of aromatic carboxylic acids is 1. The molecule has 4 aromatic rings. The summed E-state index contributed by atoms with van der Waals surface area (Å²) in [7, 11) is 0. The van der Waals surface area contributed by atoms with E-state index >= 15 is 0 Å². The Hall–Kier alpha value is -3.03. The van der Waals surface area contributed by atoms with Crippen molar-refractivity contribution in [1.29, 1.82) is 0 Å². The Balaban J connectivity index is 1.70. The molecule has 0 unspecified atom stereocenters. The van der Waals surface area contributed by atoms with Crippen LogP contribution in [0.5, 0.6) is 0 Å². The zero-order chi connectivity index (χ0) is 21.1. The Morgan fingerprint density at radius 2 is 1.93 bits per heavy atom. The molecule has 0 radical (unpaired) electrons. The van der Waals surface area contributed by atoms with Gasteiger partial charge in [0.15, 0.2) is 5.13 Å². The number of pyridine rings is 1. The van der Waals surface area contributed by atoms with E-state index in [-0.39, 0.29) is 5.56 Å². The molecular formula is C23H21N3O2S2. The van der Waals surface area contributed by atoms with Gasteiger partial charge in [0.1, 0.15) is 11.4 Å². The highest BCUT2D eigenvalue weighted by atomic mass is 32.1. The lowest BCUT2D eigenvalue weighted by molar-refractivity contribution is 0.0697. The summed E-state index contributed by atoms with van der Waals surface area (Å²) in [5, 5.41) is 15.5. The molecule has 0 aliphatic carbocycles. The predicted octanol–water partition coefficient (Wildman–Crippen LogP) is 6.57. The van der Waals surface area contributed by atoms with E-state index in [2.05, 4.69) is 24.1 Å². The number of carbonyl (C=O) groups is 1. The number of carboxylic acids is 1. The summed E-state index contributed by atoms with van der Waals surface area (Å²) in [6.45, 7) is 4.35. The highest BCUT2D eigenvalue weighted by Crippen LogP contribution is 2.35. The lowest BCUT2D eigenvalue weighted by atomic mass is 10.1. The van der Waals surface area contributed by atoms with Crippen LogP contribution in [0.15, 0.2) is 60.1 Å². The van der Waals surface area contributed by atoms with Crippen LogP contribution < -0.4 is 5.32 Å². The lowest BCUT2D eigenvalue weighted by Gasteiger charge is -2.07. The van der Waals surface area contributed by atoms with Crippen molar-refractivity contribution >= 4 is 39.6 Å². The van der Waals surface area contributed by atoms with Gasteiger partial charge in [0.25, 0.3) is 0 Å². The number of hydrogen-bond donors (Lipinski definition) is 2. The SMILES string of the molecule is CC(C)Cc1sc(Nc2ncc(-c3cccs3)cc2C(=O)O)nc1-c1ccccc1. The van der Waals surface area contributed by atoms with Gasteiger partial charge in [-0.05, 0) is 29.9 Å². The van der Waals surface area contributed by atoms with Crippen LogP contribution >= 0.6 is 22.7 Å². The van der Waals surface area contributed by atoms with Crippen LogP contribution in [-0.4, -0.2) is 21.0 Å². The van der Waals surface area contributed by atoms with Crippen molar-refractivity contribution in [1.82, 2.24) is 9.97 Å². The molecule has 0 amide bonds. The van der Waals surface area contributed by atoms with Gasteiger partial charge in [-0.25, -0.2) is 14.8 Å². The summed E-state index contributed by atoms with van der Waals surface area (Å²) in [4.78, 5) is 23.2. The Labute approximate surface area is 183 Å². The molecule has 5 nitrogen and oxygen atoms in total. The van der Waals surface area contributed by atoms with Crippen molar-refractivity contribution in [3.05, 3.63) is 70.5 Å². The zero-order valence-electron chi connectivity index (χ0n) is 16.6. The van der Waals surface area contributed by atoms with Crippen molar-refractivity contribution in [2.45, 2.75) is 20.3 Å². The molecule has 30 heavy (non-hydrogen) atoms. The van der Waals surface area contributed by atoms with Gasteiger partial charge >= 0.3 is 5.97 Å². The van der Waals surface area contributed by atoms with E-state index in [0.29, 0.717) is 16.9 Å². The van der Waals surface area contributed by atoms with Crippen molar-refractivity contribution in [3.8, 4) is 21.7 Å². The number of nitrogens with one attached hydrogen (secondary N) is 1. The molecule has 0 atom stereocenters. The normalized spacial score (nSPS) is 11.0. The number of thiazole rings is 1. The van der Waals surface area contributed by atoms with Crippen LogP contribution in [0.1, 0.15) is 29.1 Å². The molecule has 3 heterocycles. The van der Waals surface area contributed by atoms with E-state index in [1.165, 1.54) is 4.88 Å². The quantitative estimate of drug-likeness (QED) is 0.343. The monoisotopic (exact) mass is 435 g/mol. The Morgan fingerprint density at radius 1 is 1.13 bits per heavy atom. The first kappa shape index (κ1) is 20.3. The maximum atomic E-state index is 11.9. The molecule has 7 heteroatoms. The smallest absolute Gasteiger partial charge is 0.339 e. The van der Waals surface area contributed by atoms with Crippen LogP contribution in [0.3, 0.4) is 0 Å². The third-order valence-electron chi connectivity index (χ3n) is 4.49. The maximum absolute atomic E-state index is 11.9. The molecule has 2 N–H and O–H groups in total. The van der Waals surface area contributed by atoms with Crippen LogP contribution in [0.2, 0.25) is 0 Å². The molecule has 0 fully saturated rings. The van der Waals surface area contributed by atoms with E-state index < -0.39 is 5.97 Å². The van der Waals surface area contributed by atoms with Gasteiger partial charge in [-0.2, -0.15) is 0 Å². The number of thiophene rings is 1. The van der Waals surface area contributed by atoms with E-state index in [4.69, 9.17) is 4.98 Å². The number of benzene rings is 1. The van der Waals surface area contributed by atoms with Crippen molar-refractivity contribution in [3.63, 3.8) is 0 Å². The molecule has 0 aliphatic rings. The summed E-state index contributed by atoms with van der Waals surface area (Å²) < 4.78 is 0. The Kier molecular flexibility index (Phi) is 5.92. The first-order chi connectivity index (χ1) is 14.5. The standard InChI is InChI=1S/C23H21N3O2S2/c1-14(2)11-19-20(15-7-4-3-5-8-15)25-23(30-19)26-21-17(22(27)28)12-16(13-24-21)18-9-6-10-29-18/h3-10,12-14H,11H2,1-2H3,(H,27,28)(H,24,25,26). The molecular weight excluding hydrogens is 414 g/mol. The van der Waals surface area contributed by atoms with Crippen LogP contribution in [0.4, 0.5) is 10.9 Å². The fourth-order valence-corrected chi connectivity index (χ4v) is 5.05. The fraction of sp³-hybridized carbons (Fsp3) is 0.174. The average molecular weight is 436 g/mol. The van der Waals surface area contributed by atoms with E-state index in [9.17, 15) is 9.90 Å². The molecule has 0 saturated heterocycles. The number of carboxylic acid groups (broad SMARTS) is 1. The number of aromatic nitrogens is 2. The molecule has 0 aliphatic heterocycles. The van der Waals surface area contributed by atoms with Gasteiger partial charge in [-0.15, -0.1) is 22.7 Å². The third kappa shape index (κ3) is 4.42. The maximum Gasteiger partial charge on any atom is 0.339 e. The van der Waals surface area contributed by atoms with Crippen LogP contribution in [0.25, 0.3) is 21.7 Å². The van der Waals surface area contributed by atoms with E-state index in [1.807, 2.05) is 47.8 Å². The molecule has 3 aromatic heterocycles. The highest BCUT2D eigenvalue weighted by Gasteiger charge is 2.18. The predicted molar refractivity (Wildman–Crippen MR) is 124 cm³/mol. The minimum atomic E-state index is -1.02. The minimum absolute atomic E-state index is 0.128. The second-order valence-electron chi connectivity index (χ2n) is 7.28. The third-order valence-corrected chi connectivity index (χ3v) is 6.40. The van der Waals surface area contributed by atoms with Gasteiger partial charge in [-0.1, -0.05) is 50.2 Å². The topological polar surface area (TPSA) is 75.1 Å². The number of hydrogen-bond acceptors (Lipinski definition) is 6. The number of nitrogens with zero attached hydrogens (tertiary/aromatic N) is 2. The first-order valence-corrected chi connectivity index (χ1v) is 11.3. The second-order valence-corrected chi connectivity index (χ2v) is 9.31. The van der Waals surface area contributed by atoms with Gasteiger partial charge in [0, 0.05) is 27.1 Å². The van der Waals surface area contributed by atoms with Gasteiger partial charge < -0.3 is 10.4 Å². The van der Waals surface area contributed by atoms with E-state index in [0.717, 1.165) is 28.1 Å². The Bertz CT molecular complexity index is 1150. The van der Waals surface area contributed by atoms with Crippen molar-refractivity contribution in [2.75, 3.05) is 5.32 Å². The van der Waals surface area contributed by atoms with Crippen LogP contribution in [-0.2, 0) is 6.42 Å². The average Bonchev–Trinajstić information content (AvgIpc) is 3.39. The summed E-state index contributed by atoms with van der Waals surface area (Å²) in [5.74, 6) is -0.239. The number of rotatable bonds is 7. The number of anilines is 2. The largest absolute Gasteiger partial charge is 0.478 e. The molecule has 4 rings (SSSR count). The second kappa shape index (κ2) is 8.77.